The fourth-order valence-electron chi connectivity index (χ4n) is 2.38. The van der Waals surface area contributed by atoms with Gasteiger partial charge in [0.1, 0.15) is 17.0 Å². The molecule has 0 spiro atoms. The lowest BCUT2D eigenvalue weighted by Gasteiger charge is -2.07. The smallest absolute Gasteiger partial charge is 0.158 e. The van der Waals surface area contributed by atoms with Crippen LogP contribution in [0.15, 0.2) is 35.7 Å². The van der Waals surface area contributed by atoms with Crippen LogP contribution in [-0.4, -0.2) is 15.7 Å². The number of rotatable bonds is 4. The third-order valence-corrected chi connectivity index (χ3v) is 4.89. The normalized spacial score (nSPS) is 11.9. The van der Waals surface area contributed by atoms with Crippen LogP contribution in [0.2, 0.25) is 0 Å². The first-order chi connectivity index (χ1) is 11.1. The Morgan fingerprint density at radius 1 is 1.22 bits per heavy atom. The van der Waals surface area contributed by atoms with E-state index in [2.05, 4.69) is 34.3 Å². The Labute approximate surface area is 138 Å². The molecule has 0 aliphatic rings. The van der Waals surface area contributed by atoms with Gasteiger partial charge in [0.05, 0.1) is 11.1 Å². The van der Waals surface area contributed by atoms with E-state index in [4.69, 9.17) is 0 Å². The zero-order chi connectivity index (χ0) is 16.4. The summed E-state index contributed by atoms with van der Waals surface area (Å²) in [6.07, 6.45) is 2.27. The van der Waals surface area contributed by atoms with Crippen molar-refractivity contribution in [1.29, 1.82) is 0 Å². The van der Waals surface area contributed by atoms with Gasteiger partial charge in [0.25, 0.3) is 0 Å². The molecule has 6 heteroatoms. The van der Waals surface area contributed by atoms with E-state index in [0.717, 1.165) is 27.9 Å². The Morgan fingerprint density at radius 3 is 2.65 bits per heavy atom. The number of aromatic nitrogens is 2. The maximum atomic E-state index is 13.1. The van der Waals surface area contributed by atoms with Gasteiger partial charge < -0.3 is 0 Å². The molecule has 1 aromatic carbocycles. The lowest BCUT2D eigenvalue weighted by atomic mass is 10.1. The topological polar surface area (TPSA) is 50.2 Å². The minimum atomic E-state index is -0.251. The number of hydrazone groups is 1. The highest BCUT2D eigenvalue weighted by molar-refractivity contribution is 7.18. The van der Waals surface area contributed by atoms with Gasteiger partial charge in [-0.3, -0.25) is 5.43 Å². The number of fused-ring (bicyclic) bond motifs is 1. The van der Waals surface area contributed by atoms with Gasteiger partial charge in [-0.25, -0.2) is 14.4 Å². The highest BCUT2D eigenvalue weighted by Crippen LogP contribution is 2.32. The molecule has 0 unspecified atom stereocenters. The van der Waals surface area contributed by atoms with Crippen LogP contribution >= 0.6 is 11.3 Å². The van der Waals surface area contributed by atoms with Crippen LogP contribution in [0.25, 0.3) is 10.2 Å². The van der Waals surface area contributed by atoms with Crippen LogP contribution in [0.1, 0.15) is 29.3 Å². The maximum Gasteiger partial charge on any atom is 0.158 e. The summed E-state index contributed by atoms with van der Waals surface area (Å²) in [6, 6.07) is 6.34. The van der Waals surface area contributed by atoms with Crippen LogP contribution in [0.5, 0.6) is 0 Å². The van der Waals surface area contributed by atoms with Crippen LogP contribution in [-0.2, 0) is 0 Å². The third-order valence-electron chi connectivity index (χ3n) is 3.77. The number of nitrogens with zero attached hydrogens (tertiary/aromatic N) is 3. The number of thiophene rings is 1. The van der Waals surface area contributed by atoms with Crippen LogP contribution in [0.4, 0.5) is 10.2 Å². The molecule has 0 aliphatic carbocycles. The summed E-state index contributed by atoms with van der Waals surface area (Å²) in [7, 11) is 0. The van der Waals surface area contributed by atoms with E-state index in [-0.39, 0.29) is 5.82 Å². The molecule has 0 fully saturated rings. The summed E-state index contributed by atoms with van der Waals surface area (Å²) in [5.74, 6) is 0.448. The lowest BCUT2D eigenvalue weighted by molar-refractivity contribution is 0.627. The molecule has 0 aliphatic heterocycles. The molecule has 118 valence electrons. The number of aryl methyl sites for hydroxylation is 2. The first-order valence-corrected chi connectivity index (χ1v) is 8.21. The molecule has 0 saturated carbocycles. The van der Waals surface area contributed by atoms with Crippen molar-refractivity contribution in [3.05, 3.63) is 52.4 Å². The zero-order valence-electron chi connectivity index (χ0n) is 13.2. The summed E-state index contributed by atoms with van der Waals surface area (Å²) in [5, 5.41) is 5.48. The van der Waals surface area contributed by atoms with E-state index in [9.17, 15) is 4.39 Å². The van der Waals surface area contributed by atoms with Crippen molar-refractivity contribution < 1.29 is 4.39 Å². The lowest BCUT2D eigenvalue weighted by Crippen LogP contribution is -2.04. The predicted octanol–water partition coefficient (Wildman–Crippen LogP) is 4.67. The third kappa shape index (κ3) is 3.07. The number of benzene rings is 1. The summed E-state index contributed by atoms with van der Waals surface area (Å²) >= 11 is 1.65. The quantitative estimate of drug-likeness (QED) is 0.559. The van der Waals surface area contributed by atoms with Gasteiger partial charge in [0.2, 0.25) is 0 Å². The van der Waals surface area contributed by atoms with Gasteiger partial charge in [0.15, 0.2) is 5.82 Å². The molecule has 23 heavy (non-hydrogen) atoms. The van der Waals surface area contributed by atoms with E-state index < -0.39 is 0 Å². The molecule has 4 nitrogen and oxygen atoms in total. The van der Waals surface area contributed by atoms with E-state index in [1.165, 1.54) is 22.6 Å². The Hall–Kier alpha value is -2.34. The molecule has 3 aromatic rings. The second kappa shape index (κ2) is 6.42. The first-order valence-electron chi connectivity index (χ1n) is 7.39. The van der Waals surface area contributed by atoms with Crippen molar-refractivity contribution in [2.45, 2.75) is 27.2 Å². The summed E-state index contributed by atoms with van der Waals surface area (Å²) in [6.45, 7) is 6.15. The molecule has 3 rings (SSSR count). The van der Waals surface area contributed by atoms with Crippen molar-refractivity contribution >= 4 is 33.1 Å². The number of anilines is 1. The minimum absolute atomic E-state index is 0.251. The Bertz CT molecular complexity index is 868. The van der Waals surface area contributed by atoms with Crippen molar-refractivity contribution in [3.8, 4) is 0 Å². The van der Waals surface area contributed by atoms with E-state index in [1.54, 1.807) is 29.8 Å². The van der Waals surface area contributed by atoms with Gasteiger partial charge >= 0.3 is 0 Å². The molecule has 2 aromatic heterocycles. The van der Waals surface area contributed by atoms with Crippen LogP contribution in [0.3, 0.4) is 0 Å². The Kier molecular flexibility index (Phi) is 4.34. The number of nitrogens with one attached hydrogen (secondary N) is 1. The molecular weight excluding hydrogens is 311 g/mol. The molecule has 0 radical (unpaired) electrons. The molecule has 1 N–H and O–H groups in total. The Morgan fingerprint density at radius 2 is 1.96 bits per heavy atom. The van der Waals surface area contributed by atoms with Crippen LogP contribution < -0.4 is 5.43 Å². The summed E-state index contributed by atoms with van der Waals surface area (Å²) in [5.41, 5.74) is 5.97. The average molecular weight is 328 g/mol. The van der Waals surface area contributed by atoms with Gasteiger partial charge in [-0.1, -0.05) is 19.1 Å². The number of hydrogen-bond donors (Lipinski definition) is 1. The summed E-state index contributed by atoms with van der Waals surface area (Å²) in [4.78, 5) is 10.8. The van der Waals surface area contributed by atoms with Gasteiger partial charge in [-0.15, -0.1) is 11.3 Å². The zero-order valence-corrected chi connectivity index (χ0v) is 14.0. The highest BCUT2D eigenvalue weighted by Gasteiger charge is 2.11. The predicted molar refractivity (Wildman–Crippen MR) is 93.7 cm³/mol. The first kappa shape index (κ1) is 15.6. The van der Waals surface area contributed by atoms with Crippen molar-refractivity contribution in [2.24, 2.45) is 5.10 Å². The molecule has 0 bridgehead atoms. The molecule has 0 atom stereocenters. The molecule has 2 heterocycles. The maximum absolute atomic E-state index is 13.1. The molecule has 0 amide bonds. The molecular formula is C17H17FN4S. The second-order valence-electron chi connectivity index (χ2n) is 5.22. The second-order valence-corrected chi connectivity index (χ2v) is 6.42. The van der Waals surface area contributed by atoms with Crippen LogP contribution in [0, 0.1) is 19.7 Å². The number of hydrogen-bond acceptors (Lipinski definition) is 5. The van der Waals surface area contributed by atoms with E-state index in [0.29, 0.717) is 5.82 Å². The Balaban J connectivity index is 1.96. The van der Waals surface area contributed by atoms with E-state index >= 15 is 0 Å². The fraction of sp³-hybridized carbons (Fsp3) is 0.235. The fourth-order valence-corrected chi connectivity index (χ4v) is 3.37. The minimum Gasteiger partial charge on any atom is -0.260 e. The molecule has 0 saturated heterocycles. The van der Waals surface area contributed by atoms with Gasteiger partial charge in [-0.05, 0) is 43.5 Å². The standard InChI is InChI=1S/C17H17FN4S/c1-4-14(12-5-7-13(18)8-6-12)21-22-16-15-10(2)11(3)23-17(15)20-9-19-16/h5-9H,4H2,1-3H3,(H,19,20,22)/b21-14+. The van der Waals surface area contributed by atoms with Crippen molar-refractivity contribution in [3.63, 3.8) is 0 Å². The SMILES string of the molecule is CC/C(=N\Nc1ncnc2sc(C)c(C)c12)c1ccc(F)cc1. The highest BCUT2D eigenvalue weighted by atomic mass is 32.1. The average Bonchev–Trinajstić information content (AvgIpc) is 2.85. The van der Waals surface area contributed by atoms with Gasteiger partial charge in [0, 0.05) is 4.88 Å². The summed E-state index contributed by atoms with van der Waals surface area (Å²) < 4.78 is 13.1. The van der Waals surface area contributed by atoms with Crippen molar-refractivity contribution in [2.75, 3.05) is 5.43 Å². The van der Waals surface area contributed by atoms with Gasteiger partial charge in [-0.2, -0.15) is 5.10 Å². The monoisotopic (exact) mass is 328 g/mol. The van der Waals surface area contributed by atoms with Crippen molar-refractivity contribution in [1.82, 2.24) is 9.97 Å². The number of halogens is 1. The largest absolute Gasteiger partial charge is 0.260 e. The van der Waals surface area contributed by atoms with E-state index in [1.807, 2.05) is 6.92 Å².